The van der Waals surface area contributed by atoms with Crippen molar-refractivity contribution in [1.29, 1.82) is 0 Å². The van der Waals surface area contributed by atoms with Gasteiger partial charge in [0.2, 0.25) is 0 Å². The van der Waals surface area contributed by atoms with E-state index < -0.39 is 0 Å². The Labute approximate surface area is 173 Å². The van der Waals surface area contributed by atoms with E-state index in [1.807, 2.05) is 6.92 Å². The minimum absolute atomic E-state index is 1.11. The van der Waals surface area contributed by atoms with Gasteiger partial charge in [-0.1, -0.05) is 142 Å². The molecule has 0 aliphatic carbocycles. The molecule has 0 atom stereocenters. The number of hydrogen-bond donors (Lipinski definition) is 0. The Bertz CT molecular complexity index is 306. The molecule has 0 saturated heterocycles. The molecule has 0 heterocycles. The van der Waals surface area contributed by atoms with Crippen molar-refractivity contribution in [3.8, 4) is 11.8 Å². The van der Waals surface area contributed by atoms with Gasteiger partial charge in [-0.3, -0.25) is 0 Å². The van der Waals surface area contributed by atoms with Gasteiger partial charge in [-0.25, -0.2) is 0 Å². The summed E-state index contributed by atoms with van der Waals surface area (Å²) in [5.41, 5.74) is 0. The highest BCUT2D eigenvalue weighted by Crippen LogP contribution is 2.15. The molecule has 0 amide bonds. The lowest BCUT2D eigenvalue weighted by atomic mass is 10.0. The van der Waals surface area contributed by atoms with E-state index in [0.29, 0.717) is 0 Å². The van der Waals surface area contributed by atoms with Crippen molar-refractivity contribution < 1.29 is 0 Å². The standard InChI is InChI=1S/C27H52/c1-3-5-7-9-11-13-15-17-19-21-23-25-27-26-24-22-20-18-16-14-12-10-8-6-4-2/h3,5,7-27H2,1-2H3. The third kappa shape index (κ3) is 25.6. The average Bonchev–Trinajstić information content (AvgIpc) is 2.68. The molecule has 0 spiro atoms. The van der Waals surface area contributed by atoms with Crippen LogP contribution in [0.4, 0.5) is 0 Å². The molecule has 0 nitrogen and oxygen atoms in total. The van der Waals surface area contributed by atoms with Crippen molar-refractivity contribution in [2.24, 2.45) is 0 Å². The first-order valence-corrected chi connectivity index (χ1v) is 12.8. The highest BCUT2D eigenvalue weighted by atomic mass is 14.0. The van der Waals surface area contributed by atoms with Crippen LogP contribution in [0.25, 0.3) is 0 Å². The fraction of sp³-hybridized carbons (Fsp3) is 0.926. The van der Waals surface area contributed by atoms with Crippen LogP contribution in [-0.4, -0.2) is 0 Å². The summed E-state index contributed by atoms with van der Waals surface area (Å²) in [6.07, 6.45) is 33.1. The first-order valence-electron chi connectivity index (χ1n) is 12.8. The Morgan fingerprint density at radius 2 is 0.630 bits per heavy atom. The van der Waals surface area contributed by atoms with E-state index in [1.165, 1.54) is 141 Å². The Kier molecular flexibility index (Phi) is 25.1. The van der Waals surface area contributed by atoms with Crippen molar-refractivity contribution in [2.75, 3.05) is 0 Å². The van der Waals surface area contributed by atoms with Crippen LogP contribution in [-0.2, 0) is 0 Å². The first kappa shape index (κ1) is 26.6. The Morgan fingerprint density at radius 3 is 0.889 bits per heavy atom. The SMILES string of the molecule is CC#CCCCCCCCCCCCCCCCCCCCCCCCC. The zero-order chi connectivity index (χ0) is 19.7. The molecule has 0 heteroatoms. The van der Waals surface area contributed by atoms with Gasteiger partial charge >= 0.3 is 0 Å². The van der Waals surface area contributed by atoms with Crippen LogP contribution in [0.5, 0.6) is 0 Å². The molecule has 0 radical (unpaired) electrons. The van der Waals surface area contributed by atoms with Crippen LogP contribution >= 0.6 is 0 Å². The maximum Gasteiger partial charge on any atom is 0.00885 e. The van der Waals surface area contributed by atoms with E-state index in [-0.39, 0.29) is 0 Å². The molecular formula is C27H52. The third-order valence-electron chi connectivity index (χ3n) is 5.83. The van der Waals surface area contributed by atoms with Crippen molar-refractivity contribution in [2.45, 2.75) is 162 Å². The molecule has 0 N–H and O–H groups in total. The fourth-order valence-corrected chi connectivity index (χ4v) is 3.95. The highest BCUT2D eigenvalue weighted by Gasteiger charge is 1.95. The summed E-state index contributed by atoms with van der Waals surface area (Å²) in [5.74, 6) is 6.14. The van der Waals surface area contributed by atoms with Crippen LogP contribution in [0.15, 0.2) is 0 Å². The van der Waals surface area contributed by atoms with Gasteiger partial charge in [0.25, 0.3) is 0 Å². The van der Waals surface area contributed by atoms with Crippen LogP contribution in [0.2, 0.25) is 0 Å². The average molecular weight is 377 g/mol. The van der Waals surface area contributed by atoms with Gasteiger partial charge in [-0.15, -0.1) is 11.8 Å². The van der Waals surface area contributed by atoms with Crippen LogP contribution in [0.3, 0.4) is 0 Å². The fourth-order valence-electron chi connectivity index (χ4n) is 3.95. The second-order valence-electron chi connectivity index (χ2n) is 8.60. The number of unbranched alkanes of at least 4 members (excludes halogenated alkanes) is 22. The van der Waals surface area contributed by atoms with Crippen molar-refractivity contribution in [3.05, 3.63) is 0 Å². The molecule has 0 aromatic carbocycles. The van der Waals surface area contributed by atoms with E-state index >= 15 is 0 Å². The molecule has 0 saturated carbocycles. The second-order valence-corrected chi connectivity index (χ2v) is 8.60. The maximum atomic E-state index is 3.16. The predicted octanol–water partition coefficient (Wildman–Crippen LogP) is 10.0. The summed E-state index contributed by atoms with van der Waals surface area (Å²) in [6, 6.07) is 0. The van der Waals surface area contributed by atoms with Gasteiger partial charge in [-0.05, 0) is 13.3 Å². The molecule has 0 bridgehead atoms. The molecule has 160 valence electrons. The number of rotatable bonds is 22. The molecule has 0 aromatic heterocycles. The molecule has 0 fully saturated rings. The van der Waals surface area contributed by atoms with E-state index in [9.17, 15) is 0 Å². The summed E-state index contributed by atoms with van der Waals surface area (Å²) in [6.45, 7) is 4.24. The van der Waals surface area contributed by atoms with E-state index in [1.54, 1.807) is 0 Å². The number of hydrogen-bond acceptors (Lipinski definition) is 0. The van der Waals surface area contributed by atoms with Gasteiger partial charge in [0.05, 0.1) is 0 Å². The molecular weight excluding hydrogens is 324 g/mol. The first-order chi connectivity index (χ1) is 13.4. The normalized spacial score (nSPS) is 10.7. The highest BCUT2D eigenvalue weighted by molar-refractivity contribution is 4.94. The second kappa shape index (κ2) is 25.6. The van der Waals surface area contributed by atoms with Crippen molar-refractivity contribution >= 4 is 0 Å². The topological polar surface area (TPSA) is 0 Å². The molecule has 27 heavy (non-hydrogen) atoms. The molecule has 0 aliphatic rings. The summed E-state index contributed by atoms with van der Waals surface area (Å²) in [4.78, 5) is 0. The molecule has 0 rings (SSSR count). The van der Waals surface area contributed by atoms with E-state index in [4.69, 9.17) is 0 Å². The minimum atomic E-state index is 1.11. The lowest BCUT2D eigenvalue weighted by molar-refractivity contribution is 0.519. The van der Waals surface area contributed by atoms with Gasteiger partial charge in [0.15, 0.2) is 0 Å². The van der Waals surface area contributed by atoms with Gasteiger partial charge in [0, 0.05) is 6.42 Å². The van der Waals surface area contributed by atoms with Crippen molar-refractivity contribution in [3.63, 3.8) is 0 Å². The maximum absolute atomic E-state index is 3.16. The molecule has 0 unspecified atom stereocenters. The largest absolute Gasteiger partial charge is 0.107 e. The van der Waals surface area contributed by atoms with Gasteiger partial charge in [-0.2, -0.15) is 0 Å². The smallest absolute Gasteiger partial charge is 0.00885 e. The zero-order valence-electron chi connectivity index (χ0n) is 19.3. The zero-order valence-corrected chi connectivity index (χ0v) is 19.3. The Hall–Kier alpha value is -0.440. The quantitative estimate of drug-likeness (QED) is 0.130. The molecule has 0 aromatic rings. The summed E-state index contributed by atoms with van der Waals surface area (Å²) >= 11 is 0. The Morgan fingerprint density at radius 1 is 0.370 bits per heavy atom. The minimum Gasteiger partial charge on any atom is -0.107 e. The predicted molar refractivity (Wildman–Crippen MR) is 125 cm³/mol. The third-order valence-corrected chi connectivity index (χ3v) is 5.83. The van der Waals surface area contributed by atoms with Crippen molar-refractivity contribution in [1.82, 2.24) is 0 Å². The van der Waals surface area contributed by atoms with Crippen LogP contribution < -0.4 is 0 Å². The summed E-state index contributed by atoms with van der Waals surface area (Å²) in [7, 11) is 0. The lowest BCUT2D eigenvalue weighted by Crippen LogP contribution is -1.84. The summed E-state index contributed by atoms with van der Waals surface area (Å²) < 4.78 is 0. The molecule has 0 aliphatic heterocycles. The summed E-state index contributed by atoms with van der Waals surface area (Å²) in [5, 5.41) is 0. The Balaban J connectivity index is 2.98. The van der Waals surface area contributed by atoms with Crippen LogP contribution in [0, 0.1) is 11.8 Å². The van der Waals surface area contributed by atoms with E-state index in [2.05, 4.69) is 18.8 Å². The van der Waals surface area contributed by atoms with Gasteiger partial charge in [0.1, 0.15) is 0 Å². The lowest BCUT2D eigenvalue weighted by Gasteiger charge is -2.04. The monoisotopic (exact) mass is 376 g/mol. The van der Waals surface area contributed by atoms with E-state index in [0.717, 1.165) is 6.42 Å². The van der Waals surface area contributed by atoms with Crippen LogP contribution in [0.1, 0.15) is 162 Å². The van der Waals surface area contributed by atoms with Gasteiger partial charge < -0.3 is 0 Å².